The maximum Gasteiger partial charge on any atom is 0.142 e. The van der Waals surface area contributed by atoms with Crippen molar-refractivity contribution in [2.75, 3.05) is 12.3 Å². The lowest BCUT2D eigenvalue weighted by Crippen LogP contribution is -2.11. The molecule has 0 bridgehead atoms. The number of para-hydroxylation sites is 2. The largest absolute Gasteiger partial charge is 0.490 e. The van der Waals surface area contributed by atoms with Crippen molar-refractivity contribution in [1.29, 1.82) is 0 Å². The summed E-state index contributed by atoms with van der Waals surface area (Å²) in [6.45, 7) is 5.32. The first kappa shape index (κ1) is 11.5. The van der Waals surface area contributed by atoms with Gasteiger partial charge in [0, 0.05) is 5.69 Å². The molecule has 0 atom stereocenters. The number of aromatic nitrogens is 2. The summed E-state index contributed by atoms with van der Waals surface area (Å²) in [5.41, 5.74) is 8.63. The lowest BCUT2D eigenvalue weighted by atomic mass is 10.3. The molecule has 0 saturated heterocycles. The molecule has 0 amide bonds. The van der Waals surface area contributed by atoms with Crippen LogP contribution in [0.15, 0.2) is 30.3 Å². The van der Waals surface area contributed by atoms with E-state index >= 15 is 0 Å². The Hall–Kier alpha value is -1.97. The monoisotopic (exact) mass is 231 g/mol. The van der Waals surface area contributed by atoms with Crippen LogP contribution in [0.25, 0.3) is 0 Å². The third-order valence-electron chi connectivity index (χ3n) is 2.58. The molecule has 2 N–H and O–H groups in total. The van der Waals surface area contributed by atoms with E-state index in [0.29, 0.717) is 12.3 Å². The topological polar surface area (TPSA) is 53.1 Å². The van der Waals surface area contributed by atoms with Gasteiger partial charge in [-0.05, 0) is 32.0 Å². The summed E-state index contributed by atoms with van der Waals surface area (Å²) in [5, 5.41) is 4.37. The number of rotatable bonds is 4. The second-order valence-corrected chi connectivity index (χ2v) is 4.04. The van der Waals surface area contributed by atoms with Crippen molar-refractivity contribution in [1.82, 2.24) is 9.78 Å². The average Bonchev–Trinajstić information content (AvgIpc) is 2.60. The first-order chi connectivity index (χ1) is 8.16. The molecule has 4 nitrogen and oxygen atoms in total. The van der Waals surface area contributed by atoms with Gasteiger partial charge >= 0.3 is 0 Å². The van der Waals surface area contributed by atoms with Gasteiger partial charge < -0.3 is 10.5 Å². The van der Waals surface area contributed by atoms with Crippen molar-refractivity contribution in [2.45, 2.75) is 20.4 Å². The van der Waals surface area contributed by atoms with Crippen molar-refractivity contribution >= 4 is 5.69 Å². The molecular weight excluding hydrogens is 214 g/mol. The quantitative estimate of drug-likeness (QED) is 0.820. The lowest BCUT2D eigenvalue weighted by molar-refractivity contribution is 0.291. The molecule has 0 spiro atoms. The summed E-state index contributed by atoms with van der Waals surface area (Å²) < 4.78 is 7.56. The molecule has 0 fully saturated rings. The second-order valence-electron chi connectivity index (χ2n) is 4.04. The highest BCUT2D eigenvalue weighted by Gasteiger charge is 2.02. The number of anilines is 1. The average molecular weight is 231 g/mol. The van der Waals surface area contributed by atoms with E-state index in [4.69, 9.17) is 10.5 Å². The Morgan fingerprint density at radius 2 is 2.06 bits per heavy atom. The zero-order valence-electron chi connectivity index (χ0n) is 10.2. The van der Waals surface area contributed by atoms with E-state index < -0.39 is 0 Å². The van der Waals surface area contributed by atoms with Crippen LogP contribution in [0, 0.1) is 13.8 Å². The molecule has 90 valence electrons. The molecule has 1 aromatic heterocycles. The van der Waals surface area contributed by atoms with E-state index in [1.807, 2.05) is 42.8 Å². The van der Waals surface area contributed by atoms with Crippen molar-refractivity contribution in [2.24, 2.45) is 0 Å². The number of nitrogens with two attached hydrogens (primary N) is 1. The van der Waals surface area contributed by atoms with Crippen LogP contribution in [0.1, 0.15) is 11.4 Å². The van der Waals surface area contributed by atoms with Gasteiger partial charge in [-0.1, -0.05) is 12.1 Å². The zero-order valence-corrected chi connectivity index (χ0v) is 10.2. The van der Waals surface area contributed by atoms with Crippen LogP contribution in [0.5, 0.6) is 5.75 Å². The highest BCUT2D eigenvalue weighted by molar-refractivity contribution is 5.51. The molecule has 0 aliphatic heterocycles. The Labute approximate surface area is 101 Å². The van der Waals surface area contributed by atoms with Gasteiger partial charge in [0.05, 0.1) is 17.9 Å². The van der Waals surface area contributed by atoms with Crippen LogP contribution in [-0.4, -0.2) is 16.4 Å². The van der Waals surface area contributed by atoms with Crippen molar-refractivity contribution in [3.63, 3.8) is 0 Å². The number of benzene rings is 1. The smallest absolute Gasteiger partial charge is 0.142 e. The molecule has 0 aliphatic carbocycles. The Morgan fingerprint density at radius 1 is 1.29 bits per heavy atom. The van der Waals surface area contributed by atoms with Crippen molar-refractivity contribution in [3.8, 4) is 5.75 Å². The maximum atomic E-state index is 5.79. The molecular formula is C13H17N3O. The number of hydrogen-bond acceptors (Lipinski definition) is 3. The zero-order chi connectivity index (χ0) is 12.3. The first-order valence-electron chi connectivity index (χ1n) is 5.65. The first-order valence-corrected chi connectivity index (χ1v) is 5.65. The van der Waals surface area contributed by atoms with E-state index in [2.05, 4.69) is 11.2 Å². The number of nitrogens with zero attached hydrogens (tertiary/aromatic N) is 2. The third kappa shape index (κ3) is 2.78. The molecule has 0 unspecified atom stereocenters. The van der Waals surface area contributed by atoms with Crippen LogP contribution in [0.4, 0.5) is 5.69 Å². The fourth-order valence-electron chi connectivity index (χ4n) is 1.76. The predicted molar refractivity (Wildman–Crippen MR) is 68.1 cm³/mol. The molecule has 2 aromatic rings. The Morgan fingerprint density at radius 3 is 2.71 bits per heavy atom. The standard InChI is InChI=1S/C13H17N3O/c1-10-9-11(2)16(15-10)7-8-17-13-6-4-3-5-12(13)14/h3-6,9H,7-8,14H2,1-2H3. The molecule has 4 heteroatoms. The minimum atomic E-state index is 0.566. The Kier molecular flexibility index (Phi) is 3.32. The van der Waals surface area contributed by atoms with Gasteiger partial charge in [0.15, 0.2) is 0 Å². The normalized spacial score (nSPS) is 10.5. The number of ether oxygens (including phenoxy) is 1. The van der Waals surface area contributed by atoms with Gasteiger partial charge in [-0.3, -0.25) is 4.68 Å². The van der Waals surface area contributed by atoms with Gasteiger partial charge in [-0.2, -0.15) is 5.10 Å². The lowest BCUT2D eigenvalue weighted by Gasteiger charge is -2.09. The summed E-state index contributed by atoms with van der Waals surface area (Å²) in [5.74, 6) is 0.731. The molecule has 0 radical (unpaired) electrons. The van der Waals surface area contributed by atoms with Crippen LogP contribution < -0.4 is 10.5 Å². The van der Waals surface area contributed by atoms with Gasteiger partial charge in [0.2, 0.25) is 0 Å². The second kappa shape index (κ2) is 4.91. The maximum absolute atomic E-state index is 5.79. The summed E-state index contributed by atoms with van der Waals surface area (Å²) in [6, 6.07) is 9.56. The Balaban J connectivity index is 1.92. The molecule has 2 rings (SSSR count). The molecule has 17 heavy (non-hydrogen) atoms. The Bertz CT molecular complexity index is 505. The number of hydrogen-bond donors (Lipinski definition) is 1. The van der Waals surface area contributed by atoms with E-state index in [-0.39, 0.29) is 0 Å². The van der Waals surface area contributed by atoms with Gasteiger partial charge in [-0.15, -0.1) is 0 Å². The molecule has 0 saturated carbocycles. The van der Waals surface area contributed by atoms with Gasteiger partial charge in [-0.25, -0.2) is 0 Å². The minimum Gasteiger partial charge on any atom is -0.490 e. The molecule has 0 aliphatic rings. The van der Waals surface area contributed by atoms with Gasteiger partial charge in [0.25, 0.3) is 0 Å². The number of nitrogen functional groups attached to an aromatic ring is 1. The summed E-state index contributed by atoms with van der Waals surface area (Å²) in [4.78, 5) is 0. The van der Waals surface area contributed by atoms with Crippen molar-refractivity contribution < 1.29 is 4.74 Å². The summed E-state index contributed by atoms with van der Waals surface area (Å²) in [6.07, 6.45) is 0. The number of aryl methyl sites for hydroxylation is 2. The van der Waals surface area contributed by atoms with Crippen LogP contribution in [0.2, 0.25) is 0 Å². The minimum absolute atomic E-state index is 0.566. The van der Waals surface area contributed by atoms with Crippen LogP contribution in [0.3, 0.4) is 0 Å². The summed E-state index contributed by atoms with van der Waals surface area (Å²) in [7, 11) is 0. The highest BCUT2D eigenvalue weighted by Crippen LogP contribution is 2.19. The van der Waals surface area contributed by atoms with E-state index in [1.54, 1.807) is 0 Å². The SMILES string of the molecule is Cc1cc(C)n(CCOc2ccccc2N)n1. The molecule has 1 heterocycles. The molecule has 1 aromatic carbocycles. The van der Waals surface area contributed by atoms with Gasteiger partial charge in [0.1, 0.15) is 12.4 Å². The van der Waals surface area contributed by atoms with E-state index in [0.717, 1.165) is 23.7 Å². The third-order valence-corrected chi connectivity index (χ3v) is 2.58. The highest BCUT2D eigenvalue weighted by atomic mass is 16.5. The fraction of sp³-hybridized carbons (Fsp3) is 0.308. The van der Waals surface area contributed by atoms with E-state index in [9.17, 15) is 0 Å². The summed E-state index contributed by atoms with van der Waals surface area (Å²) >= 11 is 0. The van der Waals surface area contributed by atoms with Crippen LogP contribution in [-0.2, 0) is 6.54 Å². The fourth-order valence-corrected chi connectivity index (χ4v) is 1.76. The predicted octanol–water partition coefficient (Wildman–Crippen LogP) is 2.16. The van der Waals surface area contributed by atoms with Crippen LogP contribution >= 0.6 is 0 Å². The van der Waals surface area contributed by atoms with E-state index in [1.165, 1.54) is 0 Å². The van der Waals surface area contributed by atoms with Crippen molar-refractivity contribution in [3.05, 3.63) is 41.7 Å².